The Kier molecular flexibility index (Phi) is 3.84. The molecule has 1 fully saturated rings. The van der Waals surface area contributed by atoms with Crippen LogP contribution in [0.3, 0.4) is 0 Å². The number of nitrogens with zero attached hydrogens (tertiary/aromatic N) is 2. The van der Waals surface area contributed by atoms with Gasteiger partial charge in [-0.1, -0.05) is 0 Å². The van der Waals surface area contributed by atoms with Gasteiger partial charge in [-0.15, -0.1) is 0 Å². The summed E-state index contributed by atoms with van der Waals surface area (Å²) >= 11 is 0. The van der Waals surface area contributed by atoms with E-state index in [0.717, 1.165) is 12.8 Å². The first-order valence-corrected chi connectivity index (χ1v) is 6.26. The Labute approximate surface area is 118 Å². The van der Waals surface area contributed by atoms with Crippen LogP contribution in [-0.4, -0.2) is 16.4 Å². The predicted octanol–water partition coefficient (Wildman–Crippen LogP) is 2.44. The average Bonchev–Trinajstić information content (AvgIpc) is 2.90. The molecule has 1 N–H and O–H groups in total. The van der Waals surface area contributed by atoms with Crippen molar-refractivity contribution in [3.63, 3.8) is 0 Å². The van der Waals surface area contributed by atoms with Crippen LogP contribution in [0.15, 0.2) is 12.1 Å². The fraction of sp³-hybridized carbons (Fsp3) is 0.385. The largest absolute Gasteiger partial charge is 0.333 e. The quantitative estimate of drug-likeness (QED) is 0.684. The topological polar surface area (TPSA) is 96.0 Å². The molecule has 0 saturated heterocycles. The van der Waals surface area contributed by atoms with Crippen LogP contribution in [-0.2, 0) is 0 Å². The highest BCUT2D eigenvalue weighted by Crippen LogP contribution is 2.30. The first kappa shape index (κ1) is 14.8. The fourth-order valence-electron chi connectivity index (χ4n) is 2.40. The second-order valence-electron chi connectivity index (χ2n) is 4.90. The molecule has 1 saturated carbocycles. The van der Waals surface area contributed by atoms with Crippen molar-refractivity contribution in [3.8, 4) is 6.07 Å². The minimum atomic E-state index is -1.41. The van der Waals surface area contributed by atoms with Gasteiger partial charge >= 0.3 is 0 Å². The first-order valence-electron chi connectivity index (χ1n) is 6.26. The van der Waals surface area contributed by atoms with Crippen LogP contribution >= 0.6 is 0 Å². The van der Waals surface area contributed by atoms with Gasteiger partial charge in [0.1, 0.15) is 11.1 Å². The van der Waals surface area contributed by atoms with E-state index in [-0.39, 0.29) is 0 Å². The van der Waals surface area contributed by atoms with Gasteiger partial charge < -0.3 is 5.32 Å². The third-order valence-electron chi connectivity index (χ3n) is 3.50. The molecule has 110 valence electrons. The number of nitriles is 1. The normalized spacial score (nSPS) is 16.2. The number of hydrogen-bond acceptors (Lipinski definition) is 4. The number of carbonyl (C=O) groups is 1. The zero-order valence-electron chi connectivity index (χ0n) is 10.9. The van der Waals surface area contributed by atoms with Gasteiger partial charge in [0.2, 0.25) is 0 Å². The summed E-state index contributed by atoms with van der Waals surface area (Å²) in [6.45, 7) is 0. The number of nitro benzene ring substituents is 1. The lowest BCUT2D eigenvalue weighted by molar-refractivity contribution is -0.385. The highest BCUT2D eigenvalue weighted by Gasteiger charge is 2.37. The van der Waals surface area contributed by atoms with Crippen molar-refractivity contribution >= 4 is 11.6 Å². The van der Waals surface area contributed by atoms with Crippen molar-refractivity contribution in [3.05, 3.63) is 39.4 Å². The second kappa shape index (κ2) is 5.44. The summed E-state index contributed by atoms with van der Waals surface area (Å²) in [6.07, 6.45) is 2.33. The average molecular weight is 295 g/mol. The molecule has 2 rings (SSSR count). The molecule has 1 aromatic rings. The SMILES string of the molecule is N#CC1(NC(=O)c2cc(F)c(F)cc2[N+](=O)[O-])CCCC1. The Morgan fingerprint density at radius 1 is 1.33 bits per heavy atom. The van der Waals surface area contributed by atoms with Crippen LogP contribution in [0.4, 0.5) is 14.5 Å². The van der Waals surface area contributed by atoms with Crippen LogP contribution in [0, 0.1) is 33.1 Å². The maximum atomic E-state index is 13.2. The summed E-state index contributed by atoms with van der Waals surface area (Å²) in [6, 6.07) is 2.82. The lowest BCUT2D eigenvalue weighted by atomic mass is 9.99. The molecule has 0 radical (unpaired) electrons. The molecule has 0 spiro atoms. The number of amides is 1. The minimum absolute atomic E-state index is 0.359. The van der Waals surface area contributed by atoms with E-state index in [4.69, 9.17) is 5.26 Å². The van der Waals surface area contributed by atoms with Gasteiger partial charge in [-0.25, -0.2) is 8.78 Å². The Balaban J connectivity index is 2.37. The Morgan fingerprint density at radius 2 is 1.90 bits per heavy atom. The van der Waals surface area contributed by atoms with E-state index in [2.05, 4.69) is 5.32 Å². The maximum absolute atomic E-state index is 13.2. The smallest absolute Gasteiger partial charge is 0.285 e. The number of halogens is 2. The molecule has 0 unspecified atom stereocenters. The number of rotatable bonds is 3. The van der Waals surface area contributed by atoms with Gasteiger partial charge in [-0.2, -0.15) is 5.26 Å². The molecule has 1 aliphatic carbocycles. The molecular formula is C13H11F2N3O3. The van der Waals surface area contributed by atoms with Gasteiger partial charge in [0.25, 0.3) is 11.6 Å². The minimum Gasteiger partial charge on any atom is -0.333 e. The van der Waals surface area contributed by atoms with Gasteiger partial charge in [0.15, 0.2) is 11.6 Å². The van der Waals surface area contributed by atoms with E-state index < -0.39 is 39.3 Å². The third kappa shape index (κ3) is 2.81. The van der Waals surface area contributed by atoms with E-state index in [1.165, 1.54) is 0 Å². The van der Waals surface area contributed by atoms with Crippen LogP contribution in [0.1, 0.15) is 36.0 Å². The number of nitrogens with one attached hydrogen (secondary N) is 1. The van der Waals surface area contributed by atoms with Gasteiger partial charge in [-0.05, 0) is 31.7 Å². The molecule has 0 atom stereocenters. The standard InChI is InChI=1S/C13H11F2N3O3/c14-9-5-8(11(18(20)21)6-10(9)15)12(19)17-13(7-16)3-1-2-4-13/h5-6H,1-4H2,(H,17,19). The first-order chi connectivity index (χ1) is 9.88. The molecular weight excluding hydrogens is 284 g/mol. The van der Waals surface area contributed by atoms with Crippen molar-refractivity contribution in [1.29, 1.82) is 5.26 Å². The summed E-state index contributed by atoms with van der Waals surface area (Å²) in [4.78, 5) is 22.0. The fourth-order valence-corrected chi connectivity index (χ4v) is 2.40. The van der Waals surface area contributed by atoms with Gasteiger partial charge in [0, 0.05) is 0 Å². The molecule has 1 amide bonds. The Hall–Kier alpha value is -2.56. The number of benzene rings is 1. The number of carbonyl (C=O) groups excluding carboxylic acids is 1. The van der Waals surface area contributed by atoms with Crippen LogP contribution in [0.25, 0.3) is 0 Å². The Morgan fingerprint density at radius 3 is 2.43 bits per heavy atom. The van der Waals surface area contributed by atoms with Crippen molar-refractivity contribution < 1.29 is 18.5 Å². The molecule has 6 nitrogen and oxygen atoms in total. The summed E-state index contributed by atoms with van der Waals surface area (Å²) in [7, 11) is 0. The molecule has 0 aromatic heterocycles. The number of hydrogen-bond donors (Lipinski definition) is 1. The summed E-state index contributed by atoms with van der Waals surface area (Å²) in [5.74, 6) is -3.72. The predicted molar refractivity (Wildman–Crippen MR) is 67.3 cm³/mol. The third-order valence-corrected chi connectivity index (χ3v) is 3.50. The zero-order chi connectivity index (χ0) is 15.6. The Bertz CT molecular complexity index is 649. The van der Waals surface area contributed by atoms with E-state index in [0.29, 0.717) is 25.0 Å². The second-order valence-corrected chi connectivity index (χ2v) is 4.90. The molecule has 0 aliphatic heterocycles. The lowest BCUT2D eigenvalue weighted by Gasteiger charge is -2.21. The van der Waals surface area contributed by atoms with Crippen molar-refractivity contribution in [2.45, 2.75) is 31.2 Å². The highest BCUT2D eigenvalue weighted by atomic mass is 19.2. The van der Waals surface area contributed by atoms with Crippen molar-refractivity contribution in [2.24, 2.45) is 0 Å². The summed E-state index contributed by atoms with van der Waals surface area (Å²) in [5, 5.41) is 22.4. The summed E-state index contributed by atoms with van der Waals surface area (Å²) < 4.78 is 26.3. The van der Waals surface area contributed by atoms with E-state index in [9.17, 15) is 23.7 Å². The summed E-state index contributed by atoms with van der Waals surface area (Å²) in [5.41, 5.74) is -2.53. The van der Waals surface area contributed by atoms with Crippen LogP contribution < -0.4 is 5.32 Å². The highest BCUT2D eigenvalue weighted by molar-refractivity contribution is 5.98. The van der Waals surface area contributed by atoms with E-state index >= 15 is 0 Å². The van der Waals surface area contributed by atoms with E-state index in [1.54, 1.807) is 0 Å². The van der Waals surface area contributed by atoms with Crippen molar-refractivity contribution in [2.75, 3.05) is 0 Å². The molecule has 0 heterocycles. The molecule has 0 bridgehead atoms. The molecule has 8 heteroatoms. The number of nitro groups is 1. The van der Waals surface area contributed by atoms with Crippen molar-refractivity contribution in [1.82, 2.24) is 5.32 Å². The molecule has 21 heavy (non-hydrogen) atoms. The monoisotopic (exact) mass is 295 g/mol. The zero-order valence-corrected chi connectivity index (χ0v) is 10.9. The van der Waals surface area contributed by atoms with E-state index in [1.807, 2.05) is 6.07 Å². The van der Waals surface area contributed by atoms with Crippen LogP contribution in [0.5, 0.6) is 0 Å². The maximum Gasteiger partial charge on any atom is 0.285 e. The van der Waals surface area contributed by atoms with Gasteiger partial charge in [0.05, 0.1) is 17.1 Å². The van der Waals surface area contributed by atoms with Crippen LogP contribution in [0.2, 0.25) is 0 Å². The molecule has 1 aromatic carbocycles. The van der Waals surface area contributed by atoms with Gasteiger partial charge in [-0.3, -0.25) is 14.9 Å². The molecule has 1 aliphatic rings. The lowest BCUT2D eigenvalue weighted by Crippen LogP contribution is -2.45.